The highest BCUT2D eigenvalue weighted by Gasteiger charge is 2.22. The summed E-state index contributed by atoms with van der Waals surface area (Å²) in [5, 5.41) is 3.32. The van der Waals surface area contributed by atoms with E-state index in [9.17, 15) is 4.79 Å². The van der Waals surface area contributed by atoms with Crippen LogP contribution in [0.4, 0.5) is 0 Å². The molecule has 2 saturated heterocycles. The maximum atomic E-state index is 12.1. The predicted molar refractivity (Wildman–Crippen MR) is 76.1 cm³/mol. The van der Waals surface area contributed by atoms with Gasteiger partial charge in [0.1, 0.15) is 0 Å². The zero-order valence-corrected chi connectivity index (χ0v) is 12.2. The number of piperidine rings is 2. The normalized spacial score (nSPS) is 25.5. The summed E-state index contributed by atoms with van der Waals surface area (Å²) in [4.78, 5) is 14.2. The van der Waals surface area contributed by atoms with E-state index in [4.69, 9.17) is 4.74 Å². The summed E-state index contributed by atoms with van der Waals surface area (Å²) in [5.41, 5.74) is 0. The third kappa shape index (κ3) is 4.77. The van der Waals surface area contributed by atoms with Gasteiger partial charge in [0.05, 0.1) is 19.1 Å². The summed E-state index contributed by atoms with van der Waals surface area (Å²) in [6.07, 6.45) is 6.71. The standard InChI is InChI=1S/C15H28N2O2/c1-2-13-4-3-10-17(12-13)15(18)7-11-19-14-5-8-16-9-6-14/h13-14,16H,2-12H2,1H3. The van der Waals surface area contributed by atoms with Crippen molar-refractivity contribution in [3.05, 3.63) is 0 Å². The maximum absolute atomic E-state index is 12.1. The summed E-state index contributed by atoms with van der Waals surface area (Å²) in [6.45, 7) is 6.81. The molecule has 0 saturated carbocycles. The van der Waals surface area contributed by atoms with Crippen molar-refractivity contribution in [2.75, 3.05) is 32.8 Å². The van der Waals surface area contributed by atoms with Crippen molar-refractivity contribution in [3.63, 3.8) is 0 Å². The number of rotatable bonds is 5. The fraction of sp³-hybridized carbons (Fsp3) is 0.933. The molecule has 0 radical (unpaired) electrons. The molecule has 1 amide bonds. The van der Waals surface area contributed by atoms with E-state index < -0.39 is 0 Å². The third-order valence-corrected chi connectivity index (χ3v) is 4.40. The molecule has 0 aromatic heterocycles. The van der Waals surface area contributed by atoms with Crippen LogP contribution in [0, 0.1) is 5.92 Å². The maximum Gasteiger partial charge on any atom is 0.224 e. The second-order valence-electron chi connectivity index (χ2n) is 5.83. The highest BCUT2D eigenvalue weighted by molar-refractivity contribution is 5.76. The molecule has 0 bridgehead atoms. The van der Waals surface area contributed by atoms with Crippen LogP contribution in [0.5, 0.6) is 0 Å². The van der Waals surface area contributed by atoms with Gasteiger partial charge < -0.3 is 15.0 Å². The van der Waals surface area contributed by atoms with E-state index in [1.54, 1.807) is 0 Å². The molecule has 4 nitrogen and oxygen atoms in total. The van der Waals surface area contributed by atoms with Gasteiger partial charge in [0.2, 0.25) is 5.91 Å². The molecule has 1 atom stereocenters. The second-order valence-corrected chi connectivity index (χ2v) is 5.83. The van der Waals surface area contributed by atoms with Crippen molar-refractivity contribution in [2.45, 2.75) is 51.6 Å². The predicted octanol–water partition coefficient (Wildman–Crippen LogP) is 1.79. The molecule has 2 fully saturated rings. The summed E-state index contributed by atoms with van der Waals surface area (Å²) in [6, 6.07) is 0. The lowest BCUT2D eigenvalue weighted by Crippen LogP contribution is -2.40. The summed E-state index contributed by atoms with van der Waals surface area (Å²) >= 11 is 0. The number of hydrogen-bond acceptors (Lipinski definition) is 3. The van der Waals surface area contributed by atoms with Gasteiger partial charge in [-0.15, -0.1) is 0 Å². The Kier molecular flexibility index (Phi) is 6.11. The van der Waals surface area contributed by atoms with Crippen molar-refractivity contribution in [3.8, 4) is 0 Å². The SMILES string of the molecule is CCC1CCCN(C(=O)CCOC2CCNCC2)C1. The minimum atomic E-state index is 0.284. The molecule has 2 rings (SSSR count). The molecule has 1 N–H and O–H groups in total. The summed E-state index contributed by atoms with van der Waals surface area (Å²) < 4.78 is 5.81. The monoisotopic (exact) mass is 268 g/mol. The van der Waals surface area contributed by atoms with Gasteiger partial charge in [-0.05, 0) is 44.7 Å². The second kappa shape index (κ2) is 7.85. The van der Waals surface area contributed by atoms with Gasteiger partial charge in [0, 0.05) is 13.1 Å². The van der Waals surface area contributed by atoms with Crippen LogP contribution in [0.3, 0.4) is 0 Å². The van der Waals surface area contributed by atoms with Crippen LogP contribution < -0.4 is 5.32 Å². The molecular weight excluding hydrogens is 240 g/mol. The van der Waals surface area contributed by atoms with E-state index in [2.05, 4.69) is 12.2 Å². The van der Waals surface area contributed by atoms with Crippen LogP contribution in [0.2, 0.25) is 0 Å². The van der Waals surface area contributed by atoms with Crippen molar-refractivity contribution in [1.29, 1.82) is 0 Å². The topological polar surface area (TPSA) is 41.6 Å². The number of carbonyl (C=O) groups excluding carboxylic acids is 1. The van der Waals surface area contributed by atoms with Crippen molar-refractivity contribution >= 4 is 5.91 Å². The highest BCUT2D eigenvalue weighted by atomic mass is 16.5. The van der Waals surface area contributed by atoms with Crippen LogP contribution in [0.25, 0.3) is 0 Å². The molecule has 2 heterocycles. The van der Waals surface area contributed by atoms with E-state index in [1.807, 2.05) is 4.90 Å². The van der Waals surface area contributed by atoms with Crippen molar-refractivity contribution in [2.24, 2.45) is 5.92 Å². The zero-order valence-electron chi connectivity index (χ0n) is 12.2. The van der Waals surface area contributed by atoms with Crippen LogP contribution in [-0.2, 0) is 9.53 Å². The minimum Gasteiger partial charge on any atom is -0.378 e. The fourth-order valence-corrected chi connectivity index (χ4v) is 3.06. The Morgan fingerprint density at radius 3 is 2.84 bits per heavy atom. The number of carbonyl (C=O) groups is 1. The zero-order chi connectivity index (χ0) is 13.5. The molecule has 110 valence electrons. The van der Waals surface area contributed by atoms with Gasteiger partial charge in [-0.3, -0.25) is 4.79 Å². The lowest BCUT2D eigenvalue weighted by atomic mass is 9.95. The van der Waals surface area contributed by atoms with E-state index in [0.29, 0.717) is 25.0 Å². The Hall–Kier alpha value is -0.610. The number of likely N-dealkylation sites (tertiary alicyclic amines) is 1. The van der Waals surface area contributed by atoms with E-state index >= 15 is 0 Å². The largest absolute Gasteiger partial charge is 0.378 e. The Morgan fingerprint density at radius 2 is 2.11 bits per heavy atom. The van der Waals surface area contributed by atoms with E-state index in [-0.39, 0.29) is 5.91 Å². The summed E-state index contributed by atoms with van der Waals surface area (Å²) in [7, 11) is 0. The van der Waals surface area contributed by atoms with Crippen molar-refractivity contribution in [1.82, 2.24) is 10.2 Å². The van der Waals surface area contributed by atoms with Gasteiger partial charge in [0.15, 0.2) is 0 Å². The lowest BCUT2D eigenvalue weighted by molar-refractivity contribution is -0.134. The van der Waals surface area contributed by atoms with Crippen LogP contribution in [0.1, 0.15) is 45.4 Å². The molecule has 2 aliphatic rings. The van der Waals surface area contributed by atoms with E-state index in [0.717, 1.165) is 39.0 Å². The third-order valence-electron chi connectivity index (χ3n) is 4.40. The average Bonchev–Trinajstić information content (AvgIpc) is 2.48. The first-order valence-electron chi connectivity index (χ1n) is 7.89. The number of hydrogen-bond donors (Lipinski definition) is 1. The molecule has 0 aliphatic carbocycles. The van der Waals surface area contributed by atoms with E-state index in [1.165, 1.54) is 19.3 Å². The summed E-state index contributed by atoms with van der Waals surface area (Å²) in [5.74, 6) is 0.995. The minimum absolute atomic E-state index is 0.284. The Balaban J connectivity index is 1.63. The van der Waals surface area contributed by atoms with Crippen LogP contribution in [-0.4, -0.2) is 49.7 Å². The molecule has 0 aromatic rings. The van der Waals surface area contributed by atoms with Gasteiger partial charge >= 0.3 is 0 Å². The molecule has 2 aliphatic heterocycles. The van der Waals surface area contributed by atoms with Crippen molar-refractivity contribution < 1.29 is 9.53 Å². The molecule has 19 heavy (non-hydrogen) atoms. The van der Waals surface area contributed by atoms with Gasteiger partial charge in [-0.1, -0.05) is 13.3 Å². The number of nitrogens with one attached hydrogen (secondary N) is 1. The number of ether oxygens (including phenoxy) is 1. The first-order valence-corrected chi connectivity index (χ1v) is 7.89. The number of nitrogens with zero attached hydrogens (tertiary/aromatic N) is 1. The Morgan fingerprint density at radius 1 is 1.32 bits per heavy atom. The Bertz CT molecular complexity index is 277. The molecule has 4 heteroatoms. The smallest absolute Gasteiger partial charge is 0.224 e. The molecule has 0 spiro atoms. The molecule has 1 unspecified atom stereocenters. The van der Waals surface area contributed by atoms with Gasteiger partial charge in [-0.25, -0.2) is 0 Å². The molecule has 0 aromatic carbocycles. The van der Waals surface area contributed by atoms with Gasteiger partial charge in [-0.2, -0.15) is 0 Å². The fourth-order valence-electron chi connectivity index (χ4n) is 3.06. The lowest BCUT2D eigenvalue weighted by Gasteiger charge is -2.32. The number of amides is 1. The quantitative estimate of drug-likeness (QED) is 0.826. The van der Waals surface area contributed by atoms with Crippen LogP contribution >= 0.6 is 0 Å². The first kappa shape index (κ1) is 14.8. The molecular formula is C15H28N2O2. The first-order chi connectivity index (χ1) is 9.29. The van der Waals surface area contributed by atoms with Gasteiger partial charge in [0.25, 0.3) is 0 Å². The van der Waals surface area contributed by atoms with Crippen LogP contribution in [0.15, 0.2) is 0 Å². The average molecular weight is 268 g/mol. The Labute approximate surface area is 116 Å². The highest BCUT2D eigenvalue weighted by Crippen LogP contribution is 2.19.